The van der Waals surface area contributed by atoms with Crippen LogP contribution in [0.1, 0.15) is 11.1 Å². The number of nitrogens with one attached hydrogen (secondary N) is 1. The van der Waals surface area contributed by atoms with Crippen LogP contribution in [0.15, 0.2) is 69.8 Å². The van der Waals surface area contributed by atoms with E-state index in [4.69, 9.17) is 0 Å². The van der Waals surface area contributed by atoms with Crippen molar-refractivity contribution in [3.8, 4) is 0 Å². The van der Waals surface area contributed by atoms with Gasteiger partial charge < -0.3 is 5.32 Å². The fourth-order valence-electron chi connectivity index (χ4n) is 2.37. The zero-order valence-electron chi connectivity index (χ0n) is 15.0. The molecule has 0 bridgehead atoms. The summed E-state index contributed by atoms with van der Waals surface area (Å²) in [5, 5.41) is 4.03. The lowest BCUT2D eigenvalue weighted by atomic mass is 10.2. The van der Waals surface area contributed by atoms with Crippen molar-refractivity contribution >= 4 is 29.4 Å². The minimum atomic E-state index is -0.670. The highest BCUT2D eigenvalue weighted by molar-refractivity contribution is 8.02. The highest BCUT2D eigenvalue weighted by Crippen LogP contribution is 2.32. The Balaban J connectivity index is 1.57. The van der Waals surface area contributed by atoms with Gasteiger partial charge in [0.05, 0.1) is 5.75 Å². The first-order valence-corrected chi connectivity index (χ1v) is 10.2. The molecule has 0 aliphatic heterocycles. The zero-order valence-corrected chi connectivity index (χ0v) is 16.6. The van der Waals surface area contributed by atoms with Crippen LogP contribution in [0.3, 0.4) is 0 Å². The lowest BCUT2D eigenvalue weighted by Crippen LogP contribution is -2.24. The number of carbonyl (C=O) groups excluding carboxylic acids is 1. The van der Waals surface area contributed by atoms with Crippen molar-refractivity contribution in [1.29, 1.82) is 0 Å². The monoisotopic (exact) mass is 417 g/mol. The molecule has 0 unspecified atom stereocenters. The summed E-state index contributed by atoms with van der Waals surface area (Å²) in [5.41, 5.74) is 1.52. The Kier molecular flexibility index (Phi) is 7.00. The molecule has 28 heavy (non-hydrogen) atoms. The Labute approximate surface area is 170 Å². The number of amides is 1. The van der Waals surface area contributed by atoms with Crippen LogP contribution in [0.2, 0.25) is 0 Å². The van der Waals surface area contributed by atoms with Crippen LogP contribution in [-0.4, -0.2) is 21.6 Å². The van der Waals surface area contributed by atoms with Crippen LogP contribution < -0.4 is 5.32 Å². The fourth-order valence-corrected chi connectivity index (χ4v) is 4.22. The van der Waals surface area contributed by atoms with Gasteiger partial charge in [0.2, 0.25) is 5.91 Å². The number of hydrogen-bond donors (Lipinski definition) is 1. The molecule has 0 saturated carbocycles. The van der Waals surface area contributed by atoms with E-state index in [9.17, 15) is 13.6 Å². The first kappa shape index (κ1) is 20.3. The molecule has 0 aliphatic rings. The summed E-state index contributed by atoms with van der Waals surface area (Å²) in [6.07, 6.45) is 3.19. The molecule has 4 nitrogen and oxygen atoms in total. The van der Waals surface area contributed by atoms with Gasteiger partial charge in [-0.05, 0) is 36.8 Å². The third kappa shape index (κ3) is 6.03. The molecule has 144 valence electrons. The standard InChI is InChI=1S/C20H17F2N3OS2/c1-13-3-2-4-17(7-13)28-20-19(23-5-6-24-20)27-12-18(26)25-11-14-8-15(21)10-16(22)9-14/h2-10H,11-12H2,1H3,(H,25,26). The molecule has 0 saturated heterocycles. The number of aromatic nitrogens is 2. The van der Waals surface area contributed by atoms with Gasteiger partial charge in [-0.1, -0.05) is 41.2 Å². The number of hydrogen-bond acceptors (Lipinski definition) is 5. The summed E-state index contributed by atoms with van der Waals surface area (Å²) >= 11 is 2.75. The SMILES string of the molecule is Cc1cccc(Sc2nccnc2SCC(=O)NCc2cc(F)cc(F)c2)c1. The number of thioether (sulfide) groups is 1. The first-order chi connectivity index (χ1) is 13.5. The lowest BCUT2D eigenvalue weighted by Gasteiger charge is -2.08. The number of aryl methyl sites for hydroxylation is 1. The third-order valence-corrected chi connectivity index (χ3v) is 5.68. The Morgan fingerprint density at radius 1 is 1.04 bits per heavy atom. The van der Waals surface area contributed by atoms with Gasteiger partial charge in [-0.3, -0.25) is 4.79 Å². The van der Waals surface area contributed by atoms with Crippen molar-refractivity contribution in [2.24, 2.45) is 0 Å². The van der Waals surface area contributed by atoms with Crippen LogP contribution in [0.25, 0.3) is 0 Å². The maximum atomic E-state index is 13.2. The molecular weight excluding hydrogens is 400 g/mol. The van der Waals surface area contributed by atoms with Crippen molar-refractivity contribution < 1.29 is 13.6 Å². The second-order valence-electron chi connectivity index (χ2n) is 5.93. The average Bonchev–Trinajstić information content (AvgIpc) is 2.65. The van der Waals surface area contributed by atoms with E-state index >= 15 is 0 Å². The van der Waals surface area contributed by atoms with Gasteiger partial charge in [0.25, 0.3) is 0 Å². The molecule has 1 heterocycles. The smallest absolute Gasteiger partial charge is 0.230 e. The van der Waals surface area contributed by atoms with Gasteiger partial charge in [0.15, 0.2) is 0 Å². The van der Waals surface area contributed by atoms with Crippen LogP contribution in [-0.2, 0) is 11.3 Å². The van der Waals surface area contributed by atoms with E-state index in [1.54, 1.807) is 12.4 Å². The molecule has 1 amide bonds. The summed E-state index contributed by atoms with van der Waals surface area (Å²) in [6, 6.07) is 11.2. The van der Waals surface area contributed by atoms with Crippen molar-refractivity contribution in [3.63, 3.8) is 0 Å². The van der Waals surface area contributed by atoms with Crippen molar-refractivity contribution in [2.45, 2.75) is 28.4 Å². The Hall–Kier alpha value is -2.45. The van der Waals surface area contributed by atoms with Crippen LogP contribution in [0.4, 0.5) is 8.78 Å². The molecule has 0 radical (unpaired) electrons. The molecule has 0 spiro atoms. The van der Waals surface area contributed by atoms with E-state index in [1.165, 1.54) is 35.7 Å². The summed E-state index contributed by atoms with van der Waals surface area (Å²) in [6.45, 7) is 2.07. The van der Waals surface area contributed by atoms with E-state index in [-0.39, 0.29) is 18.2 Å². The summed E-state index contributed by atoms with van der Waals surface area (Å²) in [4.78, 5) is 21.8. The minimum absolute atomic E-state index is 0.0550. The van der Waals surface area contributed by atoms with Gasteiger partial charge in [-0.2, -0.15) is 0 Å². The maximum absolute atomic E-state index is 13.2. The van der Waals surface area contributed by atoms with Gasteiger partial charge in [0, 0.05) is 29.9 Å². The molecule has 3 aromatic rings. The molecule has 0 fully saturated rings. The van der Waals surface area contributed by atoms with Crippen molar-refractivity contribution in [1.82, 2.24) is 15.3 Å². The van der Waals surface area contributed by atoms with E-state index in [1.807, 2.05) is 25.1 Å². The van der Waals surface area contributed by atoms with E-state index in [0.717, 1.165) is 21.6 Å². The van der Waals surface area contributed by atoms with Gasteiger partial charge in [-0.15, -0.1) is 0 Å². The van der Waals surface area contributed by atoms with E-state index < -0.39 is 11.6 Å². The quantitative estimate of drug-likeness (QED) is 0.569. The van der Waals surface area contributed by atoms with Crippen molar-refractivity contribution in [2.75, 3.05) is 5.75 Å². The predicted molar refractivity (Wildman–Crippen MR) is 106 cm³/mol. The molecule has 3 rings (SSSR count). The Bertz CT molecular complexity index is 965. The second-order valence-corrected chi connectivity index (χ2v) is 7.95. The number of rotatable bonds is 7. The fraction of sp³-hybridized carbons (Fsp3) is 0.150. The molecular formula is C20H17F2N3OS2. The van der Waals surface area contributed by atoms with Gasteiger partial charge in [-0.25, -0.2) is 18.7 Å². The highest BCUT2D eigenvalue weighted by Gasteiger charge is 2.11. The normalized spacial score (nSPS) is 10.7. The van der Waals surface area contributed by atoms with Crippen LogP contribution in [0.5, 0.6) is 0 Å². The number of carbonyl (C=O) groups is 1. The number of benzene rings is 2. The van der Waals surface area contributed by atoms with Gasteiger partial charge >= 0.3 is 0 Å². The Morgan fingerprint density at radius 3 is 2.46 bits per heavy atom. The predicted octanol–water partition coefficient (Wildman–Crippen LogP) is 4.62. The first-order valence-electron chi connectivity index (χ1n) is 8.39. The van der Waals surface area contributed by atoms with Crippen LogP contribution in [0, 0.1) is 18.6 Å². The second kappa shape index (κ2) is 9.66. The third-order valence-electron chi connectivity index (χ3n) is 3.59. The van der Waals surface area contributed by atoms with Gasteiger partial charge in [0.1, 0.15) is 21.7 Å². The van der Waals surface area contributed by atoms with E-state index in [2.05, 4.69) is 21.4 Å². The maximum Gasteiger partial charge on any atom is 0.230 e. The number of halogens is 2. The summed E-state index contributed by atoms with van der Waals surface area (Å²) in [5.74, 6) is -1.48. The van der Waals surface area contributed by atoms with Crippen LogP contribution >= 0.6 is 23.5 Å². The number of nitrogens with zero attached hydrogens (tertiary/aromatic N) is 2. The molecule has 0 atom stereocenters. The molecule has 0 aliphatic carbocycles. The summed E-state index contributed by atoms with van der Waals surface area (Å²) in [7, 11) is 0. The topological polar surface area (TPSA) is 54.9 Å². The Morgan fingerprint density at radius 2 is 1.75 bits per heavy atom. The zero-order chi connectivity index (χ0) is 19.9. The average molecular weight is 418 g/mol. The largest absolute Gasteiger partial charge is 0.351 e. The molecule has 2 aromatic carbocycles. The van der Waals surface area contributed by atoms with E-state index in [0.29, 0.717) is 10.6 Å². The summed E-state index contributed by atoms with van der Waals surface area (Å²) < 4.78 is 26.4. The minimum Gasteiger partial charge on any atom is -0.351 e. The highest BCUT2D eigenvalue weighted by atomic mass is 32.2. The molecule has 8 heteroatoms. The molecule has 1 N–H and O–H groups in total. The molecule has 1 aromatic heterocycles. The lowest BCUT2D eigenvalue weighted by molar-refractivity contribution is -0.118. The van der Waals surface area contributed by atoms with Crippen molar-refractivity contribution in [3.05, 3.63) is 77.6 Å².